The van der Waals surface area contributed by atoms with E-state index in [1.54, 1.807) is 36.4 Å². The van der Waals surface area contributed by atoms with Crippen molar-refractivity contribution in [3.63, 3.8) is 0 Å². The second-order valence-corrected chi connectivity index (χ2v) is 7.52. The second kappa shape index (κ2) is 9.36. The van der Waals surface area contributed by atoms with Crippen LogP contribution in [0.3, 0.4) is 0 Å². The number of methoxy groups -OCH3 is 1. The molecule has 0 spiro atoms. The Morgan fingerprint density at radius 3 is 2.61 bits per heavy atom. The fourth-order valence-corrected chi connectivity index (χ4v) is 4.13. The molecule has 1 aromatic carbocycles. The molecule has 0 radical (unpaired) electrons. The Bertz CT molecular complexity index is 962. The van der Waals surface area contributed by atoms with Gasteiger partial charge < -0.3 is 23.9 Å². The number of hydrogen-bond acceptors (Lipinski definition) is 7. The van der Waals surface area contributed by atoms with Crippen molar-refractivity contribution < 1.29 is 28.6 Å². The summed E-state index contributed by atoms with van der Waals surface area (Å²) in [5, 5.41) is 11.1. The molecule has 4 rings (SSSR count). The van der Waals surface area contributed by atoms with Crippen LogP contribution in [-0.2, 0) is 14.3 Å². The Morgan fingerprint density at radius 1 is 1.13 bits per heavy atom. The summed E-state index contributed by atoms with van der Waals surface area (Å²) < 4.78 is 16.3. The number of benzene rings is 1. The molecule has 2 fully saturated rings. The Morgan fingerprint density at radius 2 is 1.90 bits per heavy atom. The molecule has 2 aromatic rings. The topological polar surface area (TPSA) is 92.5 Å². The van der Waals surface area contributed by atoms with Crippen molar-refractivity contribution in [2.75, 3.05) is 46.5 Å². The first-order valence-corrected chi connectivity index (χ1v) is 10.4. The van der Waals surface area contributed by atoms with Crippen molar-refractivity contribution in [2.45, 2.75) is 12.5 Å². The third-order valence-corrected chi connectivity index (χ3v) is 5.69. The Hall–Kier alpha value is -3.10. The normalized spacial score (nSPS) is 21.6. The first-order valence-electron chi connectivity index (χ1n) is 10.4. The third kappa shape index (κ3) is 4.22. The number of aliphatic hydroxyl groups excluding tert-OH is 1. The quantitative estimate of drug-likeness (QED) is 0.413. The lowest BCUT2D eigenvalue weighted by Gasteiger charge is -2.28. The number of likely N-dealkylation sites (tertiary alicyclic amines) is 1. The summed E-state index contributed by atoms with van der Waals surface area (Å²) in [5.74, 6) is -0.789. The van der Waals surface area contributed by atoms with Crippen LogP contribution in [0.25, 0.3) is 5.76 Å². The van der Waals surface area contributed by atoms with E-state index in [4.69, 9.17) is 13.9 Å². The molecule has 8 heteroatoms. The number of carbonyl (C=O) groups excluding carboxylic acids is 2. The Balaban J connectivity index is 1.65. The lowest BCUT2D eigenvalue weighted by molar-refractivity contribution is -0.140. The van der Waals surface area contributed by atoms with E-state index in [-0.39, 0.29) is 11.3 Å². The SMILES string of the molecule is COc1ccccc1/C(O)=C1\C(=O)C(=O)N(CCCN2CCOCC2)C1c1ccco1. The van der Waals surface area contributed by atoms with E-state index in [1.807, 2.05) is 0 Å². The van der Waals surface area contributed by atoms with Gasteiger partial charge in [-0.05, 0) is 30.7 Å². The van der Waals surface area contributed by atoms with Gasteiger partial charge in [0.25, 0.3) is 11.7 Å². The molecule has 2 saturated heterocycles. The minimum absolute atomic E-state index is 0.0100. The summed E-state index contributed by atoms with van der Waals surface area (Å²) in [6.07, 6.45) is 2.19. The predicted molar refractivity (Wildman–Crippen MR) is 113 cm³/mol. The molecule has 8 nitrogen and oxygen atoms in total. The van der Waals surface area contributed by atoms with Gasteiger partial charge in [0.05, 0.1) is 37.7 Å². The molecule has 2 aliphatic heterocycles. The van der Waals surface area contributed by atoms with Gasteiger partial charge in [0.1, 0.15) is 23.3 Å². The molecule has 31 heavy (non-hydrogen) atoms. The second-order valence-electron chi connectivity index (χ2n) is 7.52. The minimum Gasteiger partial charge on any atom is -0.507 e. The van der Waals surface area contributed by atoms with E-state index in [0.29, 0.717) is 43.3 Å². The van der Waals surface area contributed by atoms with Gasteiger partial charge in [0, 0.05) is 26.2 Å². The van der Waals surface area contributed by atoms with Crippen molar-refractivity contribution in [3.05, 3.63) is 59.6 Å². The summed E-state index contributed by atoms with van der Waals surface area (Å²) in [5.41, 5.74) is 0.365. The molecule has 0 saturated carbocycles. The van der Waals surface area contributed by atoms with Gasteiger partial charge >= 0.3 is 0 Å². The highest BCUT2D eigenvalue weighted by molar-refractivity contribution is 6.46. The maximum absolute atomic E-state index is 13.0. The smallest absolute Gasteiger partial charge is 0.295 e. The zero-order valence-electron chi connectivity index (χ0n) is 17.5. The molecular formula is C23H26N2O6. The number of aliphatic hydroxyl groups is 1. The molecule has 0 aliphatic carbocycles. The zero-order valence-corrected chi connectivity index (χ0v) is 17.5. The van der Waals surface area contributed by atoms with E-state index in [9.17, 15) is 14.7 Å². The number of Topliss-reactive ketones (excluding diaryl/α,β-unsaturated/α-hetero) is 1. The number of carbonyl (C=O) groups is 2. The maximum atomic E-state index is 13.0. The number of rotatable bonds is 7. The van der Waals surface area contributed by atoms with Crippen LogP contribution in [0, 0.1) is 0 Å². The molecular weight excluding hydrogens is 400 g/mol. The Kier molecular flexibility index (Phi) is 6.39. The van der Waals surface area contributed by atoms with Gasteiger partial charge in [-0.3, -0.25) is 14.5 Å². The molecule has 2 aliphatic rings. The molecule has 1 N–H and O–H groups in total. The molecule has 164 valence electrons. The molecule has 1 aromatic heterocycles. The lowest BCUT2D eigenvalue weighted by atomic mass is 9.99. The van der Waals surface area contributed by atoms with Crippen LogP contribution in [0.15, 0.2) is 52.7 Å². The van der Waals surface area contributed by atoms with Gasteiger partial charge in [-0.15, -0.1) is 0 Å². The van der Waals surface area contributed by atoms with Crippen molar-refractivity contribution in [1.82, 2.24) is 9.80 Å². The number of hydrogen-bond donors (Lipinski definition) is 1. The van der Waals surface area contributed by atoms with E-state index in [1.165, 1.54) is 18.3 Å². The molecule has 0 bridgehead atoms. The fraction of sp³-hybridized carbons (Fsp3) is 0.391. The van der Waals surface area contributed by atoms with Crippen molar-refractivity contribution in [3.8, 4) is 5.75 Å². The number of para-hydroxylation sites is 1. The first kappa shape index (κ1) is 21.1. The van der Waals surface area contributed by atoms with Crippen LogP contribution in [-0.4, -0.2) is 73.1 Å². The van der Waals surface area contributed by atoms with E-state index < -0.39 is 17.7 Å². The van der Waals surface area contributed by atoms with Crippen LogP contribution < -0.4 is 4.74 Å². The summed E-state index contributed by atoms with van der Waals surface area (Å²) >= 11 is 0. The highest BCUT2D eigenvalue weighted by Gasteiger charge is 2.47. The van der Waals surface area contributed by atoms with Crippen molar-refractivity contribution in [2.24, 2.45) is 0 Å². The van der Waals surface area contributed by atoms with Gasteiger partial charge in [-0.25, -0.2) is 0 Å². The predicted octanol–water partition coefficient (Wildman–Crippen LogP) is 2.43. The highest BCUT2D eigenvalue weighted by atomic mass is 16.5. The fourth-order valence-electron chi connectivity index (χ4n) is 4.13. The van der Waals surface area contributed by atoms with Gasteiger partial charge in [-0.1, -0.05) is 12.1 Å². The van der Waals surface area contributed by atoms with E-state index in [0.717, 1.165) is 19.6 Å². The standard InChI is InChI=1S/C23H26N2O6/c1-29-17-7-3-2-6-16(17)21(26)19-20(18-8-4-13-31-18)25(23(28)22(19)27)10-5-9-24-11-14-30-15-12-24/h2-4,6-8,13,20,26H,5,9-12,14-15H2,1H3/b21-19+. The maximum Gasteiger partial charge on any atom is 0.295 e. The number of furan rings is 1. The summed E-state index contributed by atoms with van der Waals surface area (Å²) in [6.45, 7) is 4.29. The summed E-state index contributed by atoms with van der Waals surface area (Å²) in [4.78, 5) is 29.7. The summed E-state index contributed by atoms with van der Waals surface area (Å²) in [7, 11) is 1.49. The van der Waals surface area contributed by atoms with Crippen LogP contribution in [0.4, 0.5) is 0 Å². The molecule has 1 atom stereocenters. The average molecular weight is 426 g/mol. The number of nitrogens with zero attached hydrogens (tertiary/aromatic N) is 2. The van der Waals surface area contributed by atoms with Crippen LogP contribution in [0.1, 0.15) is 23.8 Å². The van der Waals surface area contributed by atoms with Crippen LogP contribution >= 0.6 is 0 Å². The molecule has 1 unspecified atom stereocenters. The number of amides is 1. The highest BCUT2D eigenvalue weighted by Crippen LogP contribution is 2.41. The van der Waals surface area contributed by atoms with Crippen LogP contribution in [0.2, 0.25) is 0 Å². The first-order chi connectivity index (χ1) is 15.1. The molecule has 3 heterocycles. The van der Waals surface area contributed by atoms with E-state index in [2.05, 4.69) is 4.90 Å². The van der Waals surface area contributed by atoms with Crippen molar-refractivity contribution >= 4 is 17.4 Å². The Labute approximate surface area is 180 Å². The summed E-state index contributed by atoms with van der Waals surface area (Å²) in [6, 6.07) is 9.47. The van der Waals surface area contributed by atoms with E-state index >= 15 is 0 Å². The van der Waals surface area contributed by atoms with Crippen LogP contribution in [0.5, 0.6) is 5.75 Å². The monoisotopic (exact) mass is 426 g/mol. The van der Waals surface area contributed by atoms with Gasteiger partial charge in [0.15, 0.2) is 0 Å². The number of ether oxygens (including phenoxy) is 2. The third-order valence-electron chi connectivity index (χ3n) is 5.69. The largest absolute Gasteiger partial charge is 0.507 e. The lowest BCUT2D eigenvalue weighted by Crippen LogP contribution is -2.38. The van der Waals surface area contributed by atoms with Crippen molar-refractivity contribution in [1.29, 1.82) is 0 Å². The minimum atomic E-state index is -0.787. The van der Waals surface area contributed by atoms with Gasteiger partial charge in [0.2, 0.25) is 0 Å². The number of ketones is 1. The zero-order chi connectivity index (χ0) is 21.8. The number of morpholine rings is 1. The average Bonchev–Trinajstić information content (AvgIpc) is 3.42. The molecule has 1 amide bonds. The van der Waals surface area contributed by atoms with Gasteiger partial charge in [-0.2, -0.15) is 0 Å².